The van der Waals surface area contributed by atoms with Crippen LogP contribution in [-0.2, 0) is 6.61 Å². The van der Waals surface area contributed by atoms with Crippen LogP contribution in [0.5, 0.6) is 0 Å². The number of hydrogen-bond acceptors (Lipinski definition) is 1. The molecule has 0 unspecified atom stereocenters. The van der Waals surface area contributed by atoms with Crippen LogP contribution >= 0.6 is 47.8 Å². The summed E-state index contributed by atoms with van der Waals surface area (Å²) in [4.78, 5) is 0. The van der Waals surface area contributed by atoms with Crippen molar-refractivity contribution in [1.82, 2.24) is 0 Å². The van der Waals surface area contributed by atoms with Crippen molar-refractivity contribution in [3.63, 3.8) is 0 Å². The lowest BCUT2D eigenvalue weighted by molar-refractivity contribution is 0.281. The predicted molar refractivity (Wildman–Crippen MR) is 55.5 cm³/mol. The van der Waals surface area contributed by atoms with Crippen LogP contribution in [0.3, 0.4) is 0 Å². The zero-order valence-electron chi connectivity index (χ0n) is 5.44. The summed E-state index contributed by atoms with van der Waals surface area (Å²) in [5.74, 6) is 0. The Morgan fingerprint density at radius 3 is 1.91 bits per heavy atom. The predicted octanol–water partition coefficient (Wildman–Crippen LogP) is 3.47. The lowest BCUT2D eigenvalue weighted by Crippen LogP contribution is -1.84. The Bertz CT molecular complexity index is 249. The summed E-state index contributed by atoms with van der Waals surface area (Å²) in [5, 5.41) is 8.82. The molecule has 0 radical (unpaired) electrons. The smallest absolute Gasteiger partial charge is 0.0682 e. The first kappa shape index (κ1) is 9.71. The van der Waals surface area contributed by atoms with Crippen LogP contribution in [0.15, 0.2) is 25.6 Å². The van der Waals surface area contributed by atoms with E-state index in [1.165, 1.54) is 0 Å². The molecule has 0 fully saturated rings. The fourth-order valence-corrected chi connectivity index (χ4v) is 2.21. The molecule has 60 valence electrons. The largest absolute Gasteiger partial charge is 0.392 e. The molecule has 11 heavy (non-hydrogen) atoms. The Hall–Kier alpha value is 0.620. The third-order valence-corrected chi connectivity index (χ3v) is 4.40. The highest BCUT2D eigenvalue weighted by Gasteiger charge is 2.03. The molecule has 0 aliphatic heterocycles. The molecule has 0 heterocycles. The van der Waals surface area contributed by atoms with Crippen LogP contribution in [0.25, 0.3) is 0 Å². The minimum absolute atomic E-state index is 0.0600. The van der Waals surface area contributed by atoms with E-state index >= 15 is 0 Å². The van der Waals surface area contributed by atoms with E-state index in [0.29, 0.717) is 0 Å². The highest BCUT2D eigenvalue weighted by atomic mass is 79.9. The third kappa shape index (κ3) is 2.28. The first-order valence-electron chi connectivity index (χ1n) is 2.89. The second-order valence-corrected chi connectivity index (χ2v) is 4.53. The summed E-state index contributed by atoms with van der Waals surface area (Å²) in [6, 6.07) is 3.74. The van der Waals surface area contributed by atoms with Crippen LogP contribution in [-0.4, -0.2) is 5.11 Å². The van der Waals surface area contributed by atoms with Crippen molar-refractivity contribution >= 4 is 47.8 Å². The maximum atomic E-state index is 8.82. The van der Waals surface area contributed by atoms with Crippen molar-refractivity contribution in [3.05, 3.63) is 31.1 Å². The first-order valence-corrected chi connectivity index (χ1v) is 5.27. The van der Waals surface area contributed by atoms with E-state index in [1.54, 1.807) is 0 Å². The molecular weight excluding hydrogens is 340 g/mol. The van der Waals surface area contributed by atoms with Gasteiger partial charge in [0.25, 0.3) is 0 Å². The van der Waals surface area contributed by atoms with Gasteiger partial charge < -0.3 is 5.11 Å². The highest BCUT2D eigenvalue weighted by molar-refractivity contribution is 9.14. The maximum Gasteiger partial charge on any atom is 0.0682 e. The molecule has 1 rings (SSSR count). The van der Waals surface area contributed by atoms with Crippen LogP contribution in [0, 0.1) is 0 Å². The Morgan fingerprint density at radius 1 is 1.09 bits per heavy atom. The van der Waals surface area contributed by atoms with E-state index in [2.05, 4.69) is 47.8 Å². The Labute approximate surface area is 90.2 Å². The van der Waals surface area contributed by atoms with E-state index < -0.39 is 0 Å². The molecule has 0 aliphatic rings. The topological polar surface area (TPSA) is 20.2 Å². The number of hydrogen-bond donors (Lipinski definition) is 1. The SMILES string of the molecule is OCc1cc(Br)c(Br)c(Br)c1. The van der Waals surface area contributed by atoms with Gasteiger partial charge in [0.05, 0.1) is 6.61 Å². The van der Waals surface area contributed by atoms with Gasteiger partial charge in [-0.3, -0.25) is 0 Å². The minimum atomic E-state index is 0.0600. The summed E-state index contributed by atoms with van der Waals surface area (Å²) in [6.45, 7) is 0.0600. The fourth-order valence-electron chi connectivity index (χ4n) is 0.699. The van der Waals surface area contributed by atoms with Gasteiger partial charge in [-0.25, -0.2) is 0 Å². The molecule has 0 spiro atoms. The molecule has 1 nitrogen and oxygen atoms in total. The van der Waals surface area contributed by atoms with Crippen LogP contribution in [0.4, 0.5) is 0 Å². The molecule has 1 aromatic carbocycles. The van der Waals surface area contributed by atoms with Gasteiger partial charge in [0.15, 0.2) is 0 Å². The second kappa shape index (κ2) is 4.03. The van der Waals surface area contributed by atoms with E-state index in [0.717, 1.165) is 19.0 Å². The number of aliphatic hydroxyl groups is 1. The minimum Gasteiger partial charge on any atom is -0.392 e. The van der Waals surface area contributed by atoms with Crippen molar-refractivity contribution in [3.8, 4) is 0 Å². The lowest BCUT2D eigenvalue weighted by Gasteiger charge is -2.02. The molecule has 0 saturated carbocycles. The first-order chi connectivity index (χ1) is 5.15. The van der Waals surface area contributed by atoms with Gasteiger partial charge in [-0.15, -0.1) is 0 Å². The quantitative estimate of drug-likeness (QED) is 0.773. The summed E-state index contributed by atoms with van der Waals surface area (Å²) in [5.41, 5.74) is 0.881. The monoisotopic (exact) mass is 342 g/mol. The molecular formula is C7H5Br3O. The molecule has 0 bridgehead atoms. The van der Waals surface area contributed by atoms with Crippen molar-refractivity contribution in [2.45, 2.75) is 6.61 Å². The molecule has 1 N–H and O–H groups in total. The van der Waals surface area contributed by atoms with Crippen LogP contribution in [0.2, 0.25) is 0 Å². The van der Waals surface area contributed by atoms with E-state index in [4.69, 9.17) is 5.11 Å². The van der Waals surface area contributed by atoms with Crippen molar-refractivity contribution in [2.24, 2.45) is 0 Å². The number of aliphatic hydroxyl groups excluding tert-OH is 1. The standard InChI is InChI=1S/C7H5Br3O/c8-5-1-4(3-11)2-6(9)7(5)10/h1-2,11H,3H2. The highest BCUT2D eigenvalue weighted by Crippen LogP contribution is 2.32. The van der Waals surface area contributed by atoms with Crippen LogP contribution in [0.1, 0.15) is 5.56 Å². The molecule has 1 aromatic rings. The van der Waals surface area contributed by atoms with E-state index in [1.807, 2.05) is 12.1 Å². The Kier molecular flexibility index (Phi) is 3.55. The molecule has 0 aliphatic carbocycles. The molecule has 0 saturated heterocycles. The average molecular weight is 345 g/mol. The number of rotatable bonds is 1. The Balaban J connectivity index is 3.21. The van der Waals surface area contributed by atoms with E-state index in [-0.39, 0.29) is 6.61 Å². The third-order valence-electron chi connectivity index (χ3n) is 1.23. The zero-order valence-corrected chi connectivity index (χ0v) is 10.2. The summed E-state index contributed by atoms with van der Waals surface area (Å²) < 4.78 is 2.85. The summed E-state index contributed by atoms with van der Waals surface area (Å²) in [7, 11) is 0. The van der Waals surface area contributed by atoms with Gasteiger partial charge in [0, 0.05) is 13.4 Å². The normalized spacial score (nSPS) is 10.2. The zero-order chi connectivity index (χ0) is 8.43. The van der Waals surface area contributed by atoms with Crippen molar-refractivity contribution in [1.29, 1.82) is 0 Å². The number of benzene rings is 1. The summed E-state index contributed by atoms with van der Waals surface area (Å²) >= 11 is 10.1. The molecule has 0 atom stereocenters. The van der Waals surface area contributed by atoms with Gasteiger partial charge in [-0.05, 0) is 65.5 Å². The average Bonchev–Trinajstić information content (AvgIpc) is 1.99. The van der Waals surface area contributed by atoms with Gasteiger partial charge in [-0.2, -0.15) is 0 Å². The molecule has 0 amide bonds. The van der Waals surface area contributed by atoms with Crippen molar-refractivity contribution < 1.29 is 5.11 Å². The van der Waals surface area contributed by atoms with E-state index in [9.17, 15) is 0 Å². The van der Waals surface area contributed by atoms with Crippen LogP contribution < -0.4 is 0 Å². The second-order valence-electron chi connectivity index (χ2n) is 2.03. The molecule has 0 aromatic heterocycles. The number of halogens is 3. The van der Waals surface area contributed by atoms with Crippen molar-refractivity contribution in [2.75, 3.05) is 0 Å². The van der Waals surface area contributed by atoms with Gasteiger partial charge in [0.1, 0.15) is 0 Å². The maximum absolute atomic E-state index is 8.82. The van der Waals surface area contributed by atoms with Gasteiger partial charge in [0.2, 0.25) is 0 Å². The fraction of sp³-hybridized carbons (Fsp3) is 0.143. The molecule has 4 heteroatoms. The Morgan fingerprint density at radius 2 is 1.55 bits per heavy atom. The lowest BCUT2D eigenvalue weighted by atomic mass is 10.2. The van der Waals surface area contributed by atoms with Gasteiger partial charge in [-0.1, -0.05) is 0 Å². The van der Waals surface area contributed by atoms with Gasteiger partial charge >= 0.3 is 0 Å². The summed E-state index contributed by atoms with van der Waals surface area (Å²) in [6.07, 6.45) is 0.